The van der Waals surface area contributed by atoms with Crippen LogP contribution in [0.5, 0.6) is 0 Å². The lowest BCUT2D eigenvalue weighted by Gasteiger charge is -2.10. The molecule has 2 rings (SSSR count). The Balaban J connectivity index is 1.89. The van der Waals surface area contributed by atoms with Crippen LogP contribution >= 0.6 is 0 Å². The van der Waals surface area contributed by atoms with E-state index in [1.54, 1.807) is 0 Å². The van der Waals surface area contributed by atoms with Gasteiger partial charge in [-0.3, -0.25) is 4.57 Å². The van der Waals surface area contributed by atoms with Crippen LogP contribution in [0.2, 0.25) is 0 Å². The molecule has 0 saturated heterocycles. The highest BCUT2D eigenvalue weighted by Crippen LogP contribution is 2.18. The van der Waals surface area contributed by atoms with Crippen LogP contribution < -0.4 is 10.6 Å². The Morgan fingerprint density at radius 2 is 2.07 bits per heavy atom. The first-order valence-corrected chi connectivity index (χ1v) is 5.60. The Morgan fingerprint density at radius 1 is 1.33 bits per heavy atom. The SMILES string of the molecule is CNc1nnc(CNC2CCCC2)n1C. The summed E-state index contributed by atoms with van der Waals surface area (Å²) in [6, 6.07) is 0.680. The molecule has 1 aromatic heterocycles. The summed E-state index contributed by atoms with van der Waals surface area (Å²) in [5.74, 6) is 1.81. The molecule has 1 saturated carbocycles. The van der Waals surface area contributed by atoms with E-state index in [-0.39, 0.29) is 0 Å². The predicted molar refractivity (Wildman–Crippen MR) is 59.6 cm³/mol. The molecule has 0 aliphatic heterocycles. The summed E-state index contributed by atoms with van der Waals surface area (Å²) in [7, 11) is 3.84. The molecular formula is C10H19N5. The zero-order chi connectivity index (χ0) is 10.7. The van der Waals surface area contributed by atoms with Gasteiger partial charge in [0.1, 0.15) is 5.82 Å². The van der Waals surface area contributed by atoms with E-state index in [0.29, 0.717) is 6.04 Å². The molecule has 1 heterocycles. The Bertz CT molecular complexity index is 314. The Morgan fingerprint density at radius 3 is 2.67 bits per heavy atom. The van der Waals surface area contributed by atoms with Crippen molar-refractivity contribution in [2.75, 3.05) is 12.4 Å². The second-order valence-electron chi connectivity index (χ2n) is 4.11. The molecule has 0 atom stereocenters. The first-order valence-electron chi connectivity index (χ1n) is 5.60. The highest BCUT2D eigenvalue weighted by molar-refractivity contribution is 5.23. The lowest BCUT2D eigenvalue weighted by Crippen LogP contribution is -2.26. The normalized spacial score (nSPS) is 17.2. The standard InChI is InChI=1S/C10H19N5/c1-11-10-14-13-9(15(10)2)7-12-8-5-3-4-6-8/h8,12H,3-7H2,1-2H3,(H,11,14). The fourth-order valence-electron chi connectivity index (χ4n) is 2.10. The van der Waals surface area contributed by atoms with Crippen molar-refractivity contribution in [1.82, 2.24) is 20.1 Å². The largest absolute Gasteiger partial charge is 0.357 e. The Kier molecular flexibility index (Phi) is 3.20. The quantitative estimate of drug-likeness (QED) is 0.773. The van der Waals surface area contributed by atoms with Gasteiger partial charge in [0, 0.05) is 20.1 Å². The topological polar surface area (TPSA) is 54.8 Å². The molecule has 0 unspecified atom stereocenters. The second kappa shape index (κ2) is 4.61. The van der Waals surface area contributed by atoms with Crippen molar-refractivity contribution in [2.24, 2.45) is 7.05 Å². The van der Waals surface area contributed by atoms with Gasteiger partial charge in [-0.05, 0) is 12.8 Å². The molecule has 0 spiro atoms. The summed E-state index contributed by atoms with van der Waals surface area (Å²) >= 11 is 0. The minimum Gasteiger partial charge on any atom is -0.357 e. The van der Waals surface area contributed by atoms with E-state index in [1.165, 1.54) is 25.7 Å². The van der Waals surface area contributed by atoms with Gasteiger partial charge in [-0.2, -0.15) is 0 Å². The van der Waals surface area contributed by atoms with E-state index in [1.807, 2.05) is 18.7 Å². The summed E-state index contributed by atoms with van der Waals surface area (Å²) in [5, 5.41) is 14.7. The van der Waals surface area contributed by atoms with Gasteiger partial charge in [-0.25, -0.2) is 0 Å². The van der Waals surface area contributed by atoms with Crippen molar-refractivity contribution in [3.8, 4) is 0 Å². The van der Waals surface area contributed by atoms with Gasteiger partial charge in [0.05, 0.1) is 6.54 Å². The third kappa shape index (κ3) is 2.28. The van der Waals surface area contributed by atoms with Crippen molar-refractivity contribution in [1.29, 1.82) is 0 Å². The Hall–Kier alpha value is -1.10. The molecule has 0 bridgehead atoms. The fourth-order valence-corrected chi connectivity index (χ4v) is 2.10. The molecule has 15 heavy (non-hydrogen) atoms. The van der Waals surface area contributed by atoms with Crippen LogP contribution in [0.1, 0.15) is 31.5 Å². The summed E-state index contributed by atoms with van der Waals surface area (Å²) in [6.07, 6.45) is 5.32. The van der Waals surface area contributed by atoms with Crippen molar-refractivity contribution < 1.29 is 0 Å². The maximum absolute atomic E-state index is 4.14. The molecule has 1 aliphatic rings. The van der Waals surface area contributed by atoms with Crippen LogP contribution in [0.25, 0.3) is 0 Å². The summed E-state index contributed by atoms with van der Waals surface area (Å²) in [5.41, 5.74) is 0. The predicted octanol–water partition coefficient (Wildman–Crippen LogP) is 0.889. The molecule has 0 amide bonds. The van der Waals surface area contributed by atoms with E-state index < -0.39 is 0 Å². The lowest BCUT2D eigenvalue weighted by atomic mass is 10.2. The second-order valence-corrected chi connectivity index (χ2v) is 4.11. The molecule has 1 aromatic rings. The van der Waals surface area contributed by atoms with Crippen LogP contribution in [-0.2, 0) is 13.6 Å². The zero-order valence-corrected chi connectivity index (χ0v) is 9.45. The first-order chi connectivity index (χ1) is 7.31. The van der Waals surface area contributed by atoms with E-state index >= 15 is 0 Å². The van der Waals surface area contributed by atoms with E-state index in [4.69, 9.17) is 0 Å². The molecule has 5 heteroatoms. The van der Waals surface area contributed by atoms with Crippen molar-refractivity contribution in [2.45, 2.75) is 38.3 Å². The molecule has 1 fully saturated rings. The Labute approximate surface area is 90.3 Å². The van der Waals surface area contributed by atoms with Crippen molar-refractivity contribution >= 4 is 5.95 Å². The van der Waals surface area contributed by atoms with Crippen molar-refractivity contribution in [3.63, 3.8) is 0 Å². The maximum Gasteiger partial charge on any atom is 0.224 e. The molecule has 84 valence electrons. The van der Waals surface area contributed by atoms with E-state index in [9.17, 15) is 0 Å². The molecule has 0 aromatic carbocycles. The summed E-state index contributed by atoms with van der Waals surface area (Å²) < 4.78 is 1.99. The maximum atomic E-state index is 4.14. The average molecular weight is 209 g/mol. The highest BCUT2D eigenvalue weighted by atomic mass is 15.3. The van der Waals surface area contributed by atoms with Gasteiger partial charge >= 0.3 is 0 Å². The van der Waals surface area contributed by atoms with Gasteiger partial charge in [0.2, 0.25) is 5.95 Å². The lowest BCUT2D eigenvalue weighted by molar-refractivity contribution is 0.506. The third-order valence-electron chi connectivity index (χ3n) is 3.09. The molecular weight excluding hydrogens is 190 g/mol. The number of anilines is 1. The van der Waals surface area contributed by atoms with Crippen molar-refractivity contribution in [3.05, 3.63) is 5.82 Å². The first kappa shape index (κ1) is 10.4. The summed E-state index contributed by atoms with van der Waals surface area (Å²) in [6.45, 7) is 0.815. The number of hydrogen-bond donors (Lipinski definition) is 2. The van der Waals surface area contributed by atoms with Gasteiger partial charge in [0.25, 0.3) is 0 Å². The van der Waals surface area contributed by atoms with E-state index in [0.717, 1.165) is 18.3 Å². The molecule has 0 radical (unpaired) electrons. The van der Waals surface area contributed by atoms with Gasteiger partial charge in [-0.1, -0.05) is 12.8 Å². The molecule has 5 nitrogen and oxygen atoms in total. The van der Waals surface area contributed by atoms with Gasteiger partial charge in [0.15, 0.2) is 0 Å². The van der Waals surface area contributed by atoms with Gasteiger partial charge in [-0.15, -0.1) is 10.2 Å². The summed E-state index contributed by atoms with van der Waals surface area (Å²) in [4.78, 5) is 0. The average Bonchev–Trinajstić information content (AvgIpc) is 2.85. The fraction of sp³-hybridized carbons (Fsp3) is 0.800. The number of aromatic nitrogens is 3. The van der Waals surface area contributed by atoms with Crippen LogP contribution in [0.15, 0.2) is 0 Å². The highest BCUT2D eigenvalue weighted by Gasteiger charge is 2.15. The number of hydrogen-bond acceptors (Lipinski definition) is 4. The van der Waals surface area contributed by atoms with Crippen LogP contribution in [0.4, 0.5) is 5.95 Å². The minimum atomic E-state index is 0.680. The number of nitrogens with zero attached hydrogens (tertiary/aromatic N) is 3. The molecule has 2 N–H and O–H groups in total. The number of rotatable bonds is 4. The smallest absolute Gasteiger partial charge is 0.224 e. The minimum absolute atomic E-state index is 0.680. The van der Waals surface area contributed by atoms with Crippen LogP contribution in [0.3, 0.4) is 0 Å². The molecule has 1 aliphatic carbocycles. The van der Waals surface area contributed by atoms with E-state index in [2.05, 4.69) is 20.8 Å². The monoisotopic (exact) mass is 209 g/mol. The number of nitrogens with one attached hydrogen (secondary N) is 2. The van der Waals surface area contributed by atoms with Crippen LogP contribution in [-0.4, -0.2) is 27.9 Å². The third-order valence-corrected chi connectivity index (χ3v) is 3.09. The zero-order valence-electron chi connectivity index (χ0n) is 9.45. The van der Waals surface area contributed by atoms with Crippen LogP contribution in [0, 0.1) is 0 Å². The van der Waals surface area contributed by atoms with Gasteiger partial charge < -0.3 is 10.6 Å².